The number of hydrogen-bond donors (Lipinski definition) is 1. The molecule has 0 aliphatic heterocycles. The van der Waals surface area contributed by atoms with E-state index < -0.39 is 0 Å². The molecule has 0 unspecified atom stereocenters. The van der Waals surface area contributed by atoms with E-state index in [1.165, 1.54) is 22.2 Å². The first-order chi connectivity index (χ1) is 14.1. The average Bonchev–Trinajstić information content (AvgIpc) is 3.07. The van der Waals surface area contributed by atoms with Gasteiger partial charge in [0.2, 0.25) is 5.91 Å². The normalized spacial score (nSPS) is 10.6. The van der Waals surface area contributed by atoms with Gasteiger partial charge in [0.15, 0.2) is 0 Å². The van der Waals surface area contributed by atoms with Gasteiger partial charge in [-0.1, -0.05) is 36.4 Å². The van der Waals surface area contributed by atoms with E-state index in [0.29, 0.717) is 21.5 Å². The number of rotatable bonds is 4. The van der Waals surface area contributed by atoms with Crippen LogP contribution in [0.15, 0.2) is 65.7 Å². The molecule has 7 heteroatoms. The van der Waals surface area contributed by atoms with Crippen LogP contribution < -0.4 is 10.9 Å². The molecule has 0 spiro atoms. The first-order valence-electron chi connectivity index (χ1n) is 8.91. The number of thiophene rings is 1. The number of carbonyl (C=O) groups is 1. The van der Waals surface area contributed by atoms with E-state index in [2.05, 4.69) is 10.3 Å². The van der Waals surface area contributed by atoms with Crippen LogP contribution in [0.3, 0.4) is 0 Å². The molecule has 2 aromatic carbocycles. The van der Waals surface area contributed by atoms with E-state index in [9.17, 15) is 9.59 Å². The van der Waals surface area contributed by atoms with Crippen molar-refractivity contribution in [2.75, 3.05) is 5.32 Å². The van der Waals surface area contributed by atoms with Gasteiger partial charge in [-0.2, -0.15) is 5.26 Å². The molecular formula is C22H16N4O2S. The van der Waals surface area contributed by atoms with Crippen molar-refractivity contribution >= 4 is 33.1 Å². The van der Waals surface area contributed by atoms with Crippen LogP contribution in [-0.2, 0) is 11.3 Å². The Kier molecular flexibility index (Phi) is 4.94. The summed E-state index contributed by atoms with van der Waals surface area (Å²) >= 11 is 1.47. The molecule has 0 saturated heterocycles. The third-order valence-corrected chi connectivity index (χ3v) is 5.52. The highest BCUT2D eigenvalue weighted by molar-refractivity contribution is 7.19. The van der Waals surface area contributed by atoms with Crippen molar-refractivity contribution < 1.29 is 4.79 Å². The number of benzene rings is 2. The van der Waals surface area contributed by atoms with E-state index >= 15 is 0 Å². The van der Waals surface area contributed by atoms with Gasteiger partial charge < -0.3 is 5.32 Å². The van der Waals surface area contributed by atoms with Gasteiger partial charge in [-0.3, -0.25) is 14.2 Å². The molecule has 0 atom stereocenters. The van der Waals surface area contributed by atoms with Crippen LogP contribution in [-0.4, -0.2) is 15.5 Å². The van der Waals surface area contributed by atoms with Gasteiger partial charge in [0, 0.05) is 16.1 Å². The number of anilines is 1. The second kappa shape index (κ2) is 7.70. The Morgan fingerprint density at radius 2 is 2.00 bits per heavy atom. The Morgan fingerprint density at radius 3 is 2.76 bits per heavy atom. The fourth-order valence-corrected chi connectivity index (χ4v) is 4.23. The minimum atomic E-state index is -0.364. The molecule has 0 aliphatic carbocycles. The van der Waals surface area contributed by atoms with Gasteiger partial charge in [-0.15, -0.1) is 11.3 Å². The summed E-state index contributed by atoms with van der Waals surface area (Å²) in [6, 6.07) is 18.3. The van der Waals surface area contributed by atoms with E-state index in [1.54, 1.807) is 24.3 Å². The molecule has 1 amide bonds. The van der Waals surface area contributed by atoms with Crippen molar-refractivity contribution in [3.63, 3.8) is 0 Å². The monoisotopic (exact) mass is 400 g/mol. The third kappa shape index (κ3) is 3.66. The first kappa shape index (κ1) is 18.6. The molecule has 2 aromatic heterocycles. The van der Waals surface area contributed by atoms with Crippen molar-refractivity contribution in [2.24, 2.45) is 0 Å². The quantitative estimate of drug-likeness (QED) is 0.562. The second-order valence-corrected chi connectivity index (χ2v) is 7.70. The number of nitriles is 1. The summed E-state index contributed by atoms with van der Waals surface area (Å²) < 4.78 is 1.31. The Balaban J connectivity index is 1.68. The number of amides is 1. The lowest BCUT2D eigenvalue weighted by Crippen LogP contribution is -2.27. The van der Waals surface area contributed by atoms with Crippen molar-refractivity contribution in [3.05, 3.63) is 81.7 Å². The maximum Gasteiger partial charge on any atom is 0.263 e. The molecule has 2 heterocycles. The molecule has 0 aliphatic rings. The molecule has 4 aromatic rings. The lowest BCUT2D eigenvalue weighted by atomic mass is 10.0. The zero-order chi connectivity index (χ0) is 20.4. The number of nitrogens with one attached hydrogen (secondary N) is 1. The van der Waals surface area contributed by atoms with Gasteiger partial charge in [-0.05, 0) is 30.7 Å². The predicted molar refractivity (Wildman–Crippen MR) is 114 cm³/mol. The van der Waals surface area contributed by atoms with Crippen LogP contribution in [0.2, 0.25) is 0 Å². The highest BCUT2D eigenvalue weighted by Gasteiger charge is 2.17. The summed E-state index contributed by atoms with van der Waals surface area (Å²) in [5.41, 5.74) is 2.51. The largest absolute Gasteiger partial charge is 0.324 e. The average molecular weight is 400 g/mol. The van der Waals surface area contributed by atoms with Crippen LogP contribution in [0.5, 0.6) is 0 Å². The lowest BCUT2D eigenvalue weighted by Gasteiger charge is -2.08. The summed E-state index contributed by atoms with van der Waals surface area (Å²) in [5, 5.41) is 12.2. The van der Waals surface area contributed by atoms with Crippen LogP contribution >= 0.6 is 11.3 Å². The molecule has 0 saturated carbocycles. The van der Waals surface area contributed by atoms with Crippen molar-refractivity contribution in [3.8, 4) is 17.2 Å². The number of aromatic nitrogens is 2. The van der Waals surface area contributed by atoms with E-state index in [1.807, 2.05) is 43.3 Å². The topological polar surface area (TPSA) is 87.8 Å². The number of aryl methyl sites for hydroxylation is 1. The Labute approximate surface area is 170 Å². The Morgan fingerprint density at radius 1 is 1.21 bits per heavy atom. The van der Waals surface area contributed by atoms with Crippen LogP contribution in [0.1, 0.15) is 10.4 Å². The summed E-state index contributed by atoms with van der Waals surface area (Å²) in [6.07, 6.45) is 1.40. The zero-order valence-electron chi connectivity index (χ0n) is 15.5. The fraction of sp³-hybridized carbons (Fsp3) is 0.0909. The van der Waals surface area contributed by atoms with Crippen molar-refractivity contribution in [1.29, 1.82) is 5.26 Å². The lowest BCUT2D eigenvalue weighted by molar-refractivity contribution is -0.116. The maximum atomic E-state index is 13.1. The van der Waals surface area contributed by atoms with Crippen LogP contribution in [0.25, 0.3) is 21.3 Å². The molecule has 0 radical (unpaired) electrons. The fourth-order valence-electron chi connectivity index (χ4n) is 3.22. The molecule has 0 bridgehead atoms. The van der Waals surface area contributed by atoms with Gasteiger partial charge in [0.05, 0.1) is 23.3 Å². The van der Waals surface area contributed by atoms with E-state index in [0.717, 1.165) is 16.0 Å². The van der Waals surface area contributed by atoms with Gasteiger partial charge in [0.1, 0.15) is 11.4 Å². The SMILES string of the molecule is Cc1sc2ncn(CC(=O)Nc3cccc(C#N)c3)c(=O)c2c1-c1ccccc1. The minimum absolute atomic E-state index is 0.165. The molecular weight excluding hydrogens is 384 g/mol. The van der Waals surface area contributed by atoms with Gasteiger partial charge >= 0.3 is 0 Å². The molecule has 142 valence electrons. The number of fused-ring (bicyclic) bond motifs is 1. The molecule has 1 N–H and O–H groups in total. The zero-order valence-corrected chi connectivity index (χ0v) is 16.4. The molecule has 0 fully saturated rings. The predicted octanol–water partition coefficient (Wildman–Crippen LogP) is 3.94. The molecule has 4 rings (SSSR count). The molecule has 29 heavy (non-hydrogen) atoms. The highest BCUT2D eigenvalue weighted by Crippen LogP contribution is 2.35. The van der Waals surface area contributed by atoms with Crippen molar-refractivity contribution in [1.82, 2.24) is 9.55 Å². The minimum Gasteiger partial charge on any atom is -0.324 e. The Bertz CT molecular complexity index is 1320. The highest BCUT2D eigenvalue weighted by atomic mass is 32.1. The first-order valence-corrected chi connectivity index (χ1v) is 9.72. The van der Waals surface area contributed by atoms with Gasteiger partial charge in [-0.25, -0.2) is 4.98 Å². The number of nitrogens with zero attached hydrogens (tertiary/aromatic N) is 3. The third-order valence-electron chi connectivity index (χ3n) is 4.51. The summed E-state index contributed by atoms with van der Waals surface area (Å²) in [7, 11) is 0. The Hall–Kier alpha value is -3.76. The smallest absolute Gasteiger partial charge is 0.263 e. The standard InChI is InChI=1S/C22H16N4O2S/c1-14-19(16-7-3-2-4-8-16)20-21(29-14)24-13-26(22(20)28)12-18(27)25-17-9-5-6-15(10-17)11-23/h2-10,13H,12H2,1H3,(H,25,27). The van der Waals surface area contributed by atoms with E-state index in [4.69, 9.17) is 5.26 Å². The summed E-state index contributed by atoms with van der Waals surface area (Å²) in [5.74, 6) is -0.364. The second-order valence-electron chi connectivity index (χ2n) is 6.50. The van der Waals surface area contributed by atoms with Gasteiger partial charge in [0.25, 0.3) is 5.56 Å². The summed E-state index contributed by atoms with van der Waals surface area (Å²) in [4.78, 5) is 31.6. The summed E-state index contributed by atoms with van der Waals surface area (Å²) in [6.45, 7) is 1.80. The van der Waals surface area contributed by atoms with Crippen LogP contribution in [0, 0.1) is 18.3 Å². The van der Waals surface area contributed by atoms with E-state index in [-0.39, 0.29) is 18.0 Å². The number of hydrogen-bond acceptors (Lipinski definition) is 5. The van der Waals surface area contributed by atoms with Crippen LogP contribution in [0.4, 0.5) is 5.69 Å². The number of carbonyl (C=O) groups excluding carboxylic acids is 1. The van der Waals surface area contributed by atoms with Crippen molar-refractivity contribution in [2.45, 2.75) is 13.5 Å². The maximum absolute atomic E-state index is 13.1. The molecule has 6 nitrogen and oxygen atoms in total.